The summed E-state index contributed by atoms with van der Waals surface area (Å²) in [6.45, 7) is 1.99. The highest BCUT2D eigenvalue weighted by molar-refractivity contribution is 5.75. The fraction of sp³-hybridized carbons (Fsp3) is 0.727. The van der Waals surface area contributed by atoms with Crippen LogP contribution in [0.15, 0.2) is 0 Å². The van der Waals surface area contributed by atoms with Gasteiger partial charge < -0.3 is 4.74 Å². The van der Waals surface area contributed by atoms with E-state index in [-0.39, 0.29) is 18.0 Å². The zero-order valence-electron chi connectivity index (χ0n) is 9.27. The van der Waals surface area contributed by atoms with Gasteiger partial charge in [-0.05, 0) is 13.3 Å². The van der Waals surface area contributed by atoms with Crippen LogP contribution in [0.4, 0.5) is 0 Å². The Hall–Kier alpha value is -1.57. The van der Waals surface area contributed by atoms with Gasteiger partial charge in [0.25, 0.3) is 0 Å². The molecule has 0 aromatic carbocycles. The second-order valence-corrected chi connectivity index (χ2v) is 3.69. The smallest absolute Gasteiger partial charge is 0.321 e. The molecule has 2 atom stereocenters. The van der Waals surface area contributed by atoms with E-state index in [1.165, 1.54) is 0 Å². The number of hydrogen-bond acceptors (Lipinski definition) is 4. The molecule has 88 valence electrons. The van der Waals surface area contributed by atoms with Crippen LogP contribution in [-0.2, 0) is 9.53 Å². The highest BCUT2D eigenvalue weighted by Gasteiger charge is 2.29. The molecule has 5 nitrogen and oxygen atoms in total. The summed E-state index contributed by atoms with van der Waals surface area (Å²) in [5.74, 6) is 4.54. The van der Waals surface area contributed by atoms with Crippen LogP contribution >= 0.6 is 0 Å². The predicted molar refractivity (Wildman–Crippen MR) is 57.1 cm³/mol. The third kappa shape index (κ3) is 3.54. The Bertz CT molecular complexity index is 329. The van der Waals surface area contributed by atoms with Crippen molar-refractivity contribution in [3.8, 4) is 11.8 Å². The van der Waals surface area contributed by atoms with E-state index in [0.717, 1.165) is 0 Å². The summed E-state index contributed by atoms with van der Waals surface area (Å²) in [5, 5.41) is 10.8. The Morgan fingerprint density at radius 2 is 2.38 bits per heavy atom. The molecule has 16 heavy (non-hydrogen) atoms. The summed E-state index contributed by atoms with van der Waals surface area (Å²) in [7, 11) is 0. The van der Waals surface area contributed by atoms with E-state index < -0.39 is 17.9 Å². The number of carbonyl (C=O) groups excluding carboxylic acids is 1. The van der Waals surface area contributed by atoms with Crippen LogP contribution < -0.4 is 0 Å². The molecule has 0 aliphatic heterocycles. The summed E-state index contributed by atoms with van der Waals surface area (Å²) < 4.78 is 4.84. The standard InChI is InChI=1S/C11H15NO4/c1-2-16-11(13)9-6-4-3-5-7-10(8-9)12(14)15/h9-10H,2-3,5,7-8H2,1H3. The van der Waals surface area contributed by atoms with Crippen molar-refractivity contribution >= 4 is 5.97 Å². The minimum absolute atomic E-state index is 0.166. The monoisotopic (exact) mass is 225 g/mol. The molecule has 0 saturated heterocycles. The van der Waals surface area contributed by atoms with Gasteiger partial charge in [-0.1, -0.05) is 5.92 Å². The molecule has 0 amide bonds. The zero-order chi connectivity index (χ0) is 12.0. The number of hydrogen-bond donors (Lipinski definition) is 0. The molecular weight excluding hydrogens is 210 g/mol. The molecule has 0 aromatic rings. The highest BCUT2D eigenvalue weighted by Crippen LogP contribution is 2.17. The van der Waals surface area contributed by atoms with Gasteiger partial charge in [-0.3, -0.25) is 14.9 Å². The first-order chi connectivity index (χ1) is 7.65. The number of ether oxygens (including phenoxy) is 1. The highest BCUT2D eigenvalue weighted by atomic mass is 16.6. The normalized spacial score (nSPS) is 24.6. The molecule has 5 heteroatoms. The summed E-state index contributed by atoms with van der Waals surface area (Å²) in [4.78, 5) is 21.9. The van der Waals surface area contributed by atoms with Gasteiger partial charge in [-0.15, -0.1) is 5.92 Å². The summed E-state index contributed by atoms with van der Waals surface area (Å²) >= 11 is 0. The Morgan fingerprint density at radius 1 is 1.62 bits per heavy atom. The second-order valence-electron chi connectivity index (χ2n) is 3.69. The average Bonchev–Trinajstić information content (AvgIpc) is 2.16. The predicted octanol–water partition coefficient (Wildman–Crippen LogP) is 1.39. The van der Waals surface area contributed by atoms with E-state index >= 15 is 0 Å². The Labute approximate surface area is 94.3 Å². The summed E-state index contributed by atoms with van der Waals surface area (Å²) in [6.07, 6.45) is 1.98. The third-order valence-corrected chi connectivity index (χ3v) is 2.49. The first-order valence-electron chi connectivity index (χ1n) is 5.43. The Morgan fingerprint density at radius 3 is 3.00 bits per heavy atom. The number of rotatable bonds is 3. The molecule has 2 unspecified atom stereocenters. The molecule has 1 rings (SSSR count). The van der Waals surface area contributed by atoms with E-state index in [0.29, 0.717) is 19.3 Å². The molecule has 0 fully saturated rings. The maximum Gasteiger partial charge on any atom is 0.321 e. The van der Waals surface area contributed by atoms with Gasteiger partial charge in [0.1, 0.15) is 5.92 Å². The van der Waals surface area contributed by atoms with Gasteiger partial charge in [0.15, 0.2) is 0 Å². The first kappa shape index (κ1) is 12.5. The third-order valence-electron chi connectivity index (χ3n) is 2.49. The molecule has 0 bridgehead atoms. The molecule has 0 saturated carbocycles. The van der Waals surface area contributed by atoms with Crippen LogP contribution in [0.2, 0.25) is 0 Å². The maximum atomic E-state index is 11.5. The second kappa shape index (κ2) is 6.11. The molecule has 1 aliphatic rings. The van der Waals surface area contributed by atoms with Crippen molar-refractivity contribution in [1.82, 2.24) is 0 Å². The van der Waals surface area contributed by atoms with Gasteiger partial charge >= 0.3 is 5.97 Å². The van der Waals surface area contributed by atoms with Crippen LogP contribution in [0.1, 0.15) is 32.6 Å². The van der Waals surface area contributed by atoms with Gasteiger partial charge in [0.2, 0.25) is 6.04 Å². The Balaban J connectivity index is 2.71. The van der Waals surface area contributed by atoms with E-state index in [4.69, 9.17) is 4.74 Å². The van der Waals surface area contributed by atoms with Crippen LogP contribution in [-0.4, -0.2) is 23.5 Å². The molecule has 0 aromatic heterocycles. The van der Waals surface area contributed by atoms with Crippen LogP contribution in [0, 0.1) is 27.9 Å². The lowest BCUT2D eigenvalue weighted by Gasteiger charge is -2.14. The number of carbonyl (C=O) groups is 1. The zero-order valence-corrected chi connectivity index (χ0v) is 9.27. The van der Waals surface area contributed by atoms with Crippen molar-refractivity contribution < 1.29 is 14.5 Å². The van der Waals surface area contributed by atoms with Gasteiger partial charge in [-0.25, -0.2) is 0 Å². The SMILES string of the molecule is CCOC(=O)C1C#CCCCC([N+](=O)[O-])C1. The van der Waals surface area contributed by atoms with Crippen LogP contribution in [0.5, 0.6) is 0 Å². The molecule has 0 N–H and O–H groups in total. The summed E-state index contributed by atoms with van der Waals surface area (Å²) in [6, 6.07) is -0.677. The molecule has 1 aliphatic carbocycles. The number of nitrogens with zero attached hydrogens (tertiary/aromatic N) is 1. The van der Waals surface area contributed by atoms with Gasteiger partial charge in [0, 0.05) is 24.2 Å². The van der Waals surface area contributed by atoms with Crippen molar-refractivity contribution in [2.24, 2.45) is 5.92 Å². The van der Waals surface area contributed by atoms with Crippen molar-refractivity contribution in [3.05, 3.63) is 10.1 Å². The maximum absolute atomic E-state index is 11.5. The van der Waals surface area contributed by atoms with E-state index in [9.17, 15) is 14.9 Å². The molecule has 0 radical (unpaired) electrons. The molecule has 0 heterocycles. The van der Waals surface area contributed by atoms with E-state index in [1.54, 1.807) is 6.92 Å². The minimum Gasteiger partial charge on any atom is -0.465 e. The largest absolute Gasteiger partial charge is 0.465 e. The van der Waals surface area contributed by atoms with Crippen LogP contribution in [0.25, 0.3) is 0 Å². The average molecular weight is 225 g/mol. The topological polar surface area (TPSA) is 69.4 Å². The van der Waals surface area contributed by atoms with Crippen molar-refractivity contribution in [3.63, 3.8) is 0 Å². The fourth-order valence-electron chi connectivity index (χ4n) is 1.66. The Kier molecular flexibility index (Phi) is 4.77. The number of esters is 1. The van der Waals surface area contributed by atoms with Crippen molar-refractivity contribution in [2.75, 3.05) is 6.61 Å². The quantitative estimate of drug-likeness (QED) is 0.315. The van der Waals surface area contributed by atoms with Gasteiger partial charge in [0.05, 0.1) is 6.61 Å². The fourth-order valence-corrected chi connectivity index (χ4v) is 1.66. The molecule has 0 spiro atoms. The van der Waals surface area contributed by atoms with Crippen LogP contribution in [0.3, 0.4) is 0 Å². The lowest BCUT2D eigenvalue weighted by Crippen LogP contribution is -2.28. The first-order valence-corrected chi connectivity index (χ1v) is 5.43. The molecular formula is C11H15NO4. The van der Waals surface area contributed by atoms with Gasteiger partial charge in [-0.2, -0.15) is 0 Å². The lowest BCUT2D eigenvalue weighted by atomic mass is 9.94. The minimum atomic E-state index is -0.677. The van der Waals surface area contributed by atoms with E-state index in [1.807, 2.05) is 0 Å². The van der Waals surface area contributed by atoms with Crippen molar-refractivity contribution in [1.29, 1.82) is 0 Å². The van der Waals surface area contributed by atoms with E-state index in [2.05, 4.69) is 11.8 Å². The number of nitro groups is 1. The summed E-state index contributed by atoms with van der Waals surface area (Å²) in [5.41, 5.74) is 0. The lowest BCUT2D eigenvalue weighted by molar-refractivity contribution is -0.525. The van der Waals surface area contributed by atoms with Crippen molar-refractivity contribution in [2.45, 2.75) is 38.6 Å².